The summed E-state index contributed by atoms with van der Waals surface area (Å²) in [5.41, 5.74) is 7.69. The summed E-state index contributed by atoms with van der Waals surface area (Å²) in [6.07, 6.45) is 2.31. The fourth-order valence-corrected chi connectivity index (χ4v) is 4.86. The molecule has 6 nitrogen and oxygen atoms in total. The molecule has 2 aromatic rings. The van der Waals surface area contributed by atoms with E-state index in [1.165, 1.54) is 41.7 Å². The van der Waals surface area contributed by atoms with Gasteiger partial charge in [-0.25, -0.2) is 17.1 Å². The zero-order chi connectivity index (χ0) is 21.0. The SMILES string of the molecule is CN(CCCC1CC(c2ccc(F)cc2)NN1)S(=O)(=O)c1ccc(C#N)c(Cl)c1. The van der Waals surface area contributed by atoms with Crippen molar-refractivity contribution in [3.05, 3.63) is 64.4 Å². The monoisotopic (exact) mass is 436 g/mol. The fraction of sp³-hybridized carbons (Fsp3) is 0.350. The summed E-state index contributed by atoms with van der Waals surface area (Å²) in [4.78, 5) is 0.0704. The Morgan fingerprint density at radius 3 is 2.62 bits per heavy atom. The lowest BCUT2D eigenvalue weighted by Gasteiger charge is -2.18. The van der Waals surface area contributed by atoms with Crippen molar-refractivity contribution in [2.75, 3.05) is 13.6 Å². The van der Waals surface area contributed by atoms with Crippen molar-refractivity contribution in [3.8, 4) is 6.07 Å². The topological polar surface area (TPSA) is 85.2 Å². The number of rotatable bonds is 7. The predicted molar refractivity (Wildman–Crippen MR) is 109 cm³/mol. The van der Waals surface area contributed by atoms with Gasteiger partial charge in [0.1, 0.15) is 11.9 Å². The third kappa shape index (κ3) is 5.13. The number of nitriles is 1. The maximum absolute atomic E-state index is 13.1. The largest absolute Gasteiger partial charge is 0.254 e. The molecule has 0 saturated carbocycles. The summed E-state index contributed by atoms with van der Waals surface area (Å²) in [6, 6.07) is 12.7. The zero-order valence-electron chi connectivity index (χ0n) is 15.9. The first kappa shape index (κ1) is 21.7. The molecule has 2 unspecified atom stereocenters. The molecule has 1 aliphatic rings. The van der Waals surface area contributed by atoms with Crippen LogP contribution in [0.1, 0.15) is 36.4 Å². The van der Waals surface area contributed by atoms with Gasteiger partial charge in [0, 0.05) is 25.7 Å². The van der Waals surface area contributed by atoms with E-state index in [1.54, 1.807) is 12.1 Å². The molecule has 0 aromatic heterocycles. The molecule has 0 spiro atoms. The lowest BCUT2D eigenvalue weighted by atomic mass is 10.00. The number of nitrogens with one attached hydrogen (secondary N) is 2. The van der Waals surface area contributed by atoms with Crippen molar-refractivity contribution in [3.63, 3.8) is 0 Å². The lowest BCUT2D eigenvalue weighted by molar-refractivity contribution is 0.428. The summed E-state index contributed by atoms with van der Waals surface area (Å²) in [5, 5.41) is 9.04. The van der Waals surface area contributed by atoms with Crippen LogP contribution in [0, 0.1) is 17.1 Å². The second kappa shape index (κ2) is 9.20. The van der Waals surface area contributed by atoms with Crippen molar-refractivity contribution >= 4 is 21.6 Å². The van der Waals surface area contributed by atoms with E-state index in [0.717, 1.165) is 18.4 Å². The molecule has 3 rings (SSSR count). The minimum absolute atomic E-state index is 0.0704. The van der Waals surface area contributed by atoms with Crippen LogP contribution in [0.2, 0.25) is 5.02 Å². The minimum atomic E-state index is -3.67. The molecule has 0 bridgehead atoms. The number of nitrogens with zero attached hydrogens (tertiary/aromatic N) is 2. The number of hydrazine groups is 1. The Kier molecular flexibility index (Phi) is 6.88. The van der Waals surface area contributed by atoms with Crippen LogP contribution in [0.4, 0.5) is 4.39 Å². The summed E-state index contributed by atoms with van der Waals surface area (Å²) < 4.78 is 39.8. The van der Waals surface area contributed by atoms with Gasteiger partial charge in [-0.1, -0.05) is 23.7 Å². The smallest absolute Gasteiger partial charge is 0.242 e. The summed E-state index contributed by atoms with van der Waals surface area (Å²) >= 11 is 5.96. The molecule has 1 fully saturated rings. The summed E-state index contributed by atoms with van der Waals surface area (Å²) in [5.74, 6) is -0.260. The van der Waals surface area contributed by atoms with Crippen molar-refractivity contribution in [2.45, 2.75) is 36.2 Å². The van der Waals surface area contributed by atoms with Crippen LogP contribution in [-0.2, 0) is 10.0 Å². The van der Waals surface area contributed by atoms with E-state index in [2.05, 4.69) is 10.9 Å². The van der Waals surface area contributed by atoms with Crippen LogP contribution in [0.15, 0.2) is 47.4 Å². The number of sulfonamides is 1. The van der Waals surface area contributed by atoms with Gasteiger partial charge in [-0.05, 0) is 55.2 Å². The van der Waals surface area contributed by atoms with Gasteiger partial charge in [-0.15, -0.1) is 0 Å². The molecule has 2 atom stereocenters. The van der Waals surface area contributed by atoms with Crippen LogP contribution in [0.5, 0.6) is 0 Å². The Balaban J connectivity index is 1.52. The summed E-state index contributed by atoms with van der Waals surface area (Å²) in [7, 11) is -2.14. The molecular formula is C20H22ClFN4O2S. The van der Waals surface area contributed by atoms with Crippen molar-refractivity contribution < 1.29 is 12.8 Å². The minimum Gasteiger partial charge on any atom is -0.254 e. The molecule has 1 aliphatic heterocycles. The van der Waals surface area contributed by atoms with Gasteiger partial charge in [0.15, 0.2) is 0 Å². The molecule has 2 N–H and O–H groups in total. The van der Waals surface area contributed by atoms with Crippen LogP contribution >= 0.6 is 11.6 Å². The molecule has 0 radical (unpaired) electrons. The number of hydrogen-bond donors (Lipinski definition) is 2. The van der Waals surface area contributed by atoms with E-state index in [1.807, 2.05) is 6.07 Å². The standard InChI is InChI=1S/C20H22ClFN4O2S/c1-26(29(27,28)18-9-6-15(13-23)19(21)12-18)10-2-3-17-11-20(25-24-17)14-4-7-16(22)8-5-14/h4-9,12,17,20,24-25H,2-3,10-11H2,1H3. The van der Waals surface area contributed by atoms with Crippen LogP contribution in [0.3, 0.4) is 0 Å². The van der Waals surface area contributed by atoms with Crippen LogP contribution < -0.4 is 10.9 Å². The zero-order valence-corrected chi connectivity index (χ0v) is 17.5. The first-order valence-electron chi connectivity index (χ1n) is 9.24. The first-order chi connectivity index (χ1) is 13.8. The van der Waals surface area contributed by atoms with Crippen molar-refractivity contribution in [2.24, 2.45) is 0 Å². The molecular weight excluding hydrogens is 415 g/mol. The third-order valence-corrected chi connectivity index (χ3v) is 7.21. The first-order valence-corrected chi connectivity index (χ1v) is 11.1. The number of benzene rings is 2. The molecule has 2 aromatic carbocycles. The Morgan fingerprint density at radius 1 is 1.24 bits per heavy atom. The lowest BCUT2D eigenvalue weighted by Crippen LogP contribution is -2.32. The highest BCUT2D eigenvalue weighted by molar-refractivity contribution is 7.89. The van der Waals surface area contributed by atoms with Gasteiger partial charge >= 0.3 is 0 Å². The van der Waals surface area contributed by atoms with E-state index in [9.17, 15) is 12.8 Å². The maximum atomic E-state index is 13.1. The molecule has 9 heteroatoms. The van der Waals surface area contributed by atoms with Gasteiger partial charge in [0.05, 0.1) is 15.5 Å². The predicted octanol–water partition coefficient (Wildman–Crippen LogP) is 3.36. The van der Waals surface area contributed by atoms with Gasteiger partial charge in [-0.2, -0.15) is 5.26 Å². The second-order valence-corrected chi connectivity index (χ2v) is 9.50. The van der Waals surface area contributed by atoms with E-state index in [-0.39, 0.29) is 33.4 Å². The summed E-state index contributed by atoms with van der Waals surface area (Å²) in [6.45, 7) is 0.360. The number of halogens is 2. The Labute approximate surface area is 175 Å². The molecule has 0 aliphatic carbocycles. The Morgan fingerprint density at radius 2 is 1.97 bits per heavy atom. The highest BCUT2D eigenvalue weighted by atomic mass is 35.5. The molecule has 154 valence electrons. The van der Waals surface area contributed by atoms with Gasteiger partial charge in [0.25, 0.3) is 0 Å². The van der Waals surface area contributed by atoms with E-state index in [0.29, 0.717) is 13.0 Å². The number of hydrogen-bond acceptors (Lipinski definition) is 5. The van der Waals surface area contributed by atoms with Gasteiger partial charge < -0.3 is 0 Å². The van der Waals surface area contributed by atoms with Gasteiger partial charge in [-0.3, -0.25) is 10.9 Å². The van der Waals surface area contributed by atoms with Crippen molar-refractivity contribution in [1.82, 2.24) is 15.2 Å². The van der Waals surface area contributed by atoms with E-state index in [4.69, 9.17) is 16.9 Å². The van der Waals surface area contributed by atoms with E-state index >= 15 is 0 Å². The quantitative estimate of drug-likeness (QED) is 0.695. The average Bonchev–Trinajstić information content (AvgIpc) is 3.17. The molecule has 1 saturated heterocycles. The maximum Gasteiger partial charge on any atom is 0.242 e. The van der Waals surface area contributed by atoms with Gasteiger partial charge in [0.2, 0.25) is 10.0 Å². The fourth-order valence-electron chi connectivity index (χ4n) is 3.33. The van der Waals surface area contributed by atoms with Crippen LogP contribution in [-0.4, -0.2) is 32.4 Å². The highest BCUT2D eigenvalue weighted by Crippen LogP contribution is 2.25. The Hall–Kier alpha value is -2.02. The molecule has 1 heterocycles. The van der Waals surface area contributed by atoms with Crippen LogP contribution in [0.25, 0.3) is 0 Å². The second-order valence-electron chi connectivity index (χ2n) is 7.05. The van der Waals surface area contributed by atoms with Crippen molar-refractivity contribution in [1.29, 1.82) is 5.26 Å². The Bertz CT molecular complexity index is 1010. The highest BCUT2D eigenvalue weighted by Gasteiger charge is 2.26. The molecule has 29 heavy (non-hydrogen) atoms. The average molecular weight is 437 g/mol. The van der Waals surface area contributed by atoms with E-state index < -0.39 is 10.0 Å². The normalized spacial score (nSPS) is 19.4. The molecule has 0 amide bonds. The third-order valence-electron chi connectivity index (χ3n) is 5.05.